The number of aromatic nitrogens is 1. The molecule has 1 aromatic heterocycles. The molecule has 0 saturated carbocycles. The second kappa shape index (κ2) is 6.02. The van der Waals surface area contributed by atoms with Crippen LogP contribution >= 0.6 is 23.1 Å². The van der Waals surface area contributed by atoms with Crippen LogP contribution in [-0.4, -0.2) is 29.0 Å². The monoisotopic (exact) mass is 331 g/mol. The van der Waals surface area contributed by atoms with Crippen LogP contribution in [0.4, 0.5) is 0 Å². The third-order valence-corrected chi connectivity index (χ3v) is 6.24. The van der Waals surface area contributed by atoms with E-state index >= 15 is 0 Å². The Hall–Kier alpha value is -1.37. The molecule has 2 aromatic rings. The SMILES string of the molecule is O=C(N[C@@H]1C[C@H]2CC[C@@H]1N2)c1ccc(Sc2nccs2)cc1. The van der Waals surface area contributed by atoms with E-state index in [2.05, 4.69) is 15.6 Å². The Morgan fingerprint density at radius 3 is 2.82 bits per heavy atom. The highest BCUT2D eigenvalue weighted by Gasteiger charge is 2.39. The molecule has 2 aliphatic heterocycles. The van der Waals surface area contributed by atoms with Gasteiger partial charge in [0.1, 0.15) is 0 Å². The van der Waals surface area contributed by atoms with Crippen LogP contribution in [0.2, 0.25) is 0 Å². The molecule has 2 aliphatic rings. The van der Waals surface area contributed by atoms with Crippen LogP contribution in [-0.2, 0) is 0 Å². The molecule has 3 atom stereocenters. The smallest absolute Gasteiger partial charge is 0.251 e. The van der Waals surface area contributed by atoms with Crippen molar-refractivity contribution in [2.45, 2.75) is 46.6 Å². The topological polar surface area (TPSA) is 54.0 Å². The number of rotatable bonds is 4. The summed E-state index contributed by atoms with van der Waals surface area (Å²) in [6.45, 7) is 0. The van der Waals surface area contributed by atoms with Gasteiger partial charge in [0.2, 0.25) is 0 Å². The van der Waals surface area contributed by atoms with Crippen LogP contribution in [0, 0.1) is 0 Å². The minimum Gasteiger partial charge on any atom is -0.348 e. The van der Waals surface area contributed by atoms with Gasteiger partial charge in [-0.25, -0.2) is 4.98 Å². The second-order valence-electron chi connectivity index (χ2n) is 5.79. The summed E-state index contributed by atoms with van der Waals surface area (Å²) in [7, 11) is 0. The molecule has 0 spiro atoms. The third kappa shape index (κ3) is 2.91. The van der Waals surface area contributed by atoms with Crippen molar-refractivity contribution in [3.05, 3.63) is 41.4 Å². The molecule has 4 nitrogen and oxygen atoms in total. The van der Waals surface area contributed by atoms with Crippen molar-refractivity contribution in [1.29, 1.82) is 0 Å². The minimum absolute atomic E-state index is 0.0325. The molecule has 0 radical (unpaired) electrons. The zero-order valence-electron chi connectivity index (χ0n) is 12.0. The van der Waals surface area contributed by atoms with Crippen molar-refractivity contribution in [1.82, 2.24) is 15.6 Å². The number of hydrogen-bond donors (Lipinski definition) is 2. The maximum atomic E-state index is 12.3. The Morgan fingerprint density at radius 2 is 2.18 bits per heavy atom. The van der Waals surface area contributed by atoms with Crippen molar-refractivity contribution in [3.63, 3.8) is 0 Å². The molecule has 2 fully saturated rings. The van der Waals surface area contributed by atoms with Crippen molar-refractivity contribution in [3.8, 4) is 0 Å². The van der Waals surface area contributed by atoms with Crippen LogP contribution in [0.3, 0.4) is 0 Å². The first-order chi connectivity index (χ1) is 10.8. The molecule has 3 heterocycles. The van der Waals surface area contributed by atoms with E-state index in [9.17, 15) is 4.79 Å². The summed E-state index contributed by atoms with van der Waals surface area (Å²) in [6, 6.07) is 9.12. The van der Waals surface area contributed by atoms with Gasteiger partial charge < -0.3 is 10.6 Å². The van der Waals surface area contributed by atoms with Crippen LogP contribution in [0.1, 0.15) is 29.6 Å². The molecule has 1 amide bonds. The highest BCUT2D eigenvalue weighted by Crippen LogP contribution is 2.30. The molecular weight excluding hydrogens is 314 g/mol. The first-order valence-electron chi connectivity index (χ1n) is 7.52. The largest absolute Gasteiger partial charge is 0.348 e. The fraction of sp³-hybridized carbons (Fsp3) is 0.375. The average molecular weight is 331 g/mol. The van der Waals surface area contributed by atoms with E-state index in [1.54, 1.807) is 29.3 Å². The highest BCUT2D eigenvalue weighted by molar-refractivity contribution is 8.01. The molecule has 0 unspecified atom stereocenters. The van der Waals surface area contributed by atoms with E-state index in [1.165, 1.54) is 12.8 Å². The van der Waals surface area contributed by atoms with E-state index < -0.39 is 0 Å². The highest BCUT2D eigenvalue weighted by atomic mass is 32.2. The molecule has 114 valence electrons. The number of carbonyl (C=O) groups is 1. The van der Waals surface area contributed by atoms with Crippen molar-refractivity contribution in [2.24, 2.45) is 0 Å². The first kappa shape index (κ1) is 14.2. The number of fused-ring (bicyclic) bond motifs is 2. The lowest BCUT2D eigenvalue weighted by molar-refractivity contribution is 0.0931. The maximum Gasteiger partial charge on any atom is 0.251 e. The van der Waals surface area contributed by atoms with Crippen molar-refractivity contribution < 1.29 is 4.79 Å². The lowest BCUT2D eigenvalue weighted by atomic mass is 9.95. The van der Waals surface area contributed by atoms with Gasteiger partial charge in [-0.15, -0.1) is 11.3 Å². The van der Waals surface area contributed by atoms with Crippen molar-refractivity contribution in [2.75, 3.05) is 0 Å². The molecular formula is C16H17N3OS2. The predicted octanol–water partition coefficient (Wildman–Crippen LogP) is 2.92. The zero-order chi connectivity index (χ0) is 14.9. The summed E-state index contributed by atoms with van der Waals surface area (Å²) in [5.41, 5.74) is 0.728. The molecule has 1 aromatic carbocycles. The lowest BCUT2D eigenvalue weighted by Crippen LogP contribution is -2.42. The fourth-order valence-electron chi connectivity index (χ4n) is 3.27. The summed E-state index contributed by atoms with van der Waals surface area (Å²) in [5, 5.41) is 8.68. The van der Waals surface area contributed by atoms with E-state index in [1.807, 2.05) is 29.6 Å². The molecule has 2 bridgehead atoms. The number of benzene rings is 1. The van der Waals surface area contributed by atoms with Gasteiger partial charge in [0.25, 0.3) is 5.91 Å². The summed E-state index contributed by atoms with van der Waals surface area (Å²) in [6.07, 6.45) is 5.30. The third-order valence-electron chi connectivity index (χ3n) is 4.35. The van der Waals surface area contributed by atoms with E-state index in [0.717, 1.165) is 21.2 Å². The Balaban J connectivity index is 1.38. The summed E-state index contributed by atoms with van der Waals surface area (Å²) >= 11 is 3.25. The van der Waals surface area contributed by atoms with Gasteiger partial charge in [0.05, 0.1) is 0 Å². The Morgan fingerprint density at radius 1 is 1.32 bits per heavy atom. The fourth-order valence-corrected chi connectivity index (χ4v) is 4.87. The average Bonchev–Trinajstić information content (AvgIpc) is 3.25. The maximum absolute atomic E-state index is 12.3. The van der Waals surface area contributed by atoms with Gasteiger partial charge in [-0.2, -0.15) is 0 Å². The quantitative estimate of drug-likeness (QED) is 0.904. The number of carbonyl (C=O) groups excluding carboxylic acids is 1. The number of amides is 1. The van der Waals surface area contributed by atoms with E-state index in [-0.39, 0.29) is 11.9 Å². The van der Waals surface area contributed by atoms with Gasteiger partial charge in [-0.3, -0.25) is 4.79 Å². The molecule has 6 heteroatoms. The summed E-state index contributed by atoms with van der Waals surface area (Å²) < 4.78 is 1.02. The minimum atomic E-state index is 0.0325. The number of thiazole rings is 1. The number of hydrogen-bond acceptors (Lipinski definition) is 5. The molecule has 0 aliphatic carbocycles. The Bertz CT molecular complexity index is 657. The first-order valence-corrected chi connectivity index (χ1v) is 9.22. The van der Waals surface area contributed by atoms with Gasteiger partial charge in [-0.05, 0) is 43.5 Å². The molecule has 2 saturated heterocycles. The summed E-state index contributed by atoms with van der Waals surface area (Å²) in [4.78, 5) is 17.7. The van der Waals surface area contributed by atoms with Crippen molar-refractivity contribution >= 4 is 29.0 Å². The normalized spacial score (nSPS) is 26.3. The zero-order valence-corrected chi connectivity index (χ0v) is 13.6. The van der Waals surface area contributed by atoms with Gasteiger partial charge in [0, 0.05) is 40.2 Å². The van der Waals surface area contributed by atoms with E-state index in [4.69, 9.17) is 0 Å². The second-order valence-corrected chi connectivity index (χ2v) is 8.00. The van der Waals surface area contributed by atoms with Gasteiger partial charge in [0.15, 0.2) is 4.34 Å². The van der Waals surface area contributed by atoms with Crippen LogP contribution in [0.5, 0.6) is 0 Å². The Labute approximate surface area is 137 Å². The van der Waals surface area contributed by atoms with Gasteiger partial charge >= 0.3 is 0 Å². The number of nitrogens with zero attached hydrogens (tertiary/aromatic N) is 1. The molecule has 4 rings (SSSR count). The van der Waals surface area contributed by atoms with Gasteiger partial charge in [-0.1, -0.05) is 11.8 Å². The molecule has 2 N–H and O–H groups in total. The summed E-state index contributed by atoms with van der Waals surface area (Å²) in [5.74, 6) is 0.0325. The predicted molar refractivity (Wildman–Crippen MR) is 88.5 cm³/mol. The lowest BCUT2D eigenvalue weighted by Gasteiger charge is -2.21. The standard InChI is InChI=1S/C16H17N3OS2/c20-15(19-14-9-11-3-6-13(14)18-11)10-1-4-12(5-2-10)22-16-17-7-8-21-16/h1-2,4-5,7-8,11,13-14,18H,3,6,9H2,(H,19,20)/t11-,13+,14-/m1/s1. The Kier molecular flexibility index (Phi) is 3.90. The molecule has 22 heavy (non-hydrogen) atoms. The van der Waals surface area contributed by atoms with E-state index in [0.29, 0.717) is 12.1 Å². The van der Waals surface area contributed by atoms with Crippen LogP contribution in [0.15, 0.2) is 45.1 Å². The van der Waals surface area contributed by atoms with Crippen LogP contribution < -0.4 is 10.6 Å². The number of nitrogens with one attached hydrogen (secondary N) is 2. The van der Waals surface area contributed by atoms with Crippen LogP contribution in [0.25, 0.3) is 0 Å².